The molecule has 0 unspecified atom stereocenters. The lowest BCUT2D eigenvalue weighted by Gasteiger charge is -2.07. The number of hydrogen-bond donors (Lipinski definition) is 2. The molecule has 0 aliphatic rings. The van der Waals surface area contributed by atoms with E-state index in [-0.39, 0.29) is 18.1 Å². The molecule has 0 fully saturated rings. The molecule has 2 heterocycles. The van der Waals surface area contributed by atoms with E-state index >= 15 is 0 Å². The number of nitrogens with zero attached hydrogens (tertiary/aromatic N) is 4. The summed E-state index contributed by atoms with van der Waals surface area (Å²) in [6.45, 7) is 2.83. The van der Waals surface area contributed by atoms with Crippen LogP contribution in [-0.4, -0.2) is 43.1 Å². The molecule has 8 heteroatoms. The van der Waals surface area contributed by atoms with Gasteiger partial charge in [0.2, 0.25) is 0 Å². The number of hydrogen-bond acceptors (Lipinski definition) is 4. The Labute approximate surface area is 121 Å². The van der Waals surface area contributed by atoms with E-state index in [0.29, 0.717) is 13.1 Å². The summed E-state index contributed by atoms with van der Waals surface area (Å²) in [6, 6.07) is 1.50. The normalized spacial score (nSPS) is 10.5. The smallest absolute Gasteiger partial charge is 0.325 e. The van der Waals surface area contributed by atoms with Gasteiger partial charge in [0.05, 0.1) is 6.20 Å². The Kier molecular flexibility index (Phi) is 4.70. The fourth-order valence-electron chi connectivity index (χ4n) is 1.90. The second kappa shape index (κ2) is 6.69. The van der Waals surface area contributed by atoms with E-state index in [2.05, 4.69) is 15.5 Å². The third kappa shape index (κ3) is 4.16. The van der Waals surface area contributed by atoms with Crippen LogP contribution >= 0.6 is 0 Å². The summed E-state index contributed by atoms with van der Waals surface area (Å²) < 4.78 is 2.98. The van der Waals surface area contributed by atoms with Crippen LogP contribution in [-0.2, 0) is 17.9 Å². The van der Waals surface area contributed by atoms with E-state index in [9.17, 15) is 9.59 Å². The summed E-state index contributed by atoms with van der Waals surface area (Å²) in [4.78, 5) is 22.6. The molecule has 0 aliphatic carbocycles. The maximum absolute atomic E-state index is 11.9. The van der Waals surface area contributed by atoms with Gasteiger partial charge in [-0.2, -0.15) is 10.2 Å². The van der Waals surface area contributed by atoms with Crippen LogP contribution in [0.25, 0.3) is 0 Å². The Morgan fingerprint density at radius 2 is 2.19 bits per heavy atom. The van der Waals surface area contributed by atoms with Crippen LogP contribution in [0.1, 0.15) is 22.5 Å². The Morgan fingerprint density at radius 3 is 2.86 bits per heavy atom. The molecule has 112 valence electrons. The highest BCUT2D eigenvalue weighted by atomic mass is 16.4. The molecule has 2 aromatic heterocycles. The summed E-state index contributed by atoms with van der Waals surface area (Å²) in [5, 5.41) is 19.4. The number of carboxylic acids is 1. The predicted octanol–water partition coefficient (Wildman–Crippen LogP) is 0.293. The number of carboxylic acid groups (broad SMARTS) is 1. The molecule has 2 aromatic rings. The Morgan fingerprint density at radius 1 is 1.38 bits per heavy atom. The fourth-order valence-corrected chi connectivity index (χ4v) is 1.90. The van der Waals surface area contributed by atoms with Crippen LogP contribution in [0.4, 0.5) is 0 Å². The van der Waals surface area contributed by atoms with Crippen molar-refractivity contribution in [2.75, 3.05) is 6.54 Å². The van der Waals surface area contributed by atoms with E-state index in [4.69, 9.17) is 5.11 Å². The monoisotopic (exact) mass is 291 g/mol. The molecule has 8 nitrogen and oxygen atoms in total. The molecular formula is C13H17N5O3. The highest BCUT2D eigenvalue weighted by Gasteiger charge is 2.13. The minimum absolute atomic E-state index is 0.243. The molecule has 2 rings (SSSR count). The number of carbonyl (C=O) groups is 2. The van der Waals surface area contributed by atoms with E-state index in [1.807, 2.05) is 17.8 Å². The van der Waals surface area contributed by atoms with Crippen molar-refractivity contribution in [3.8, 4) is 0 Å². The van der Waals surface area contributed by atoms with Crippen molar-refractivity contribution in [1.82, 2.24) is 24.9 Å². The largest absolute Gasteiger partial charge is 0.480 e. The van der Waals surface area contributed by atoms with Gasteiger partial charge in [-0.1, -0.05) is 0 Å². The van der Waals surface area contributed by atoms with Crippen LogP contribution in [0.2, 0.25) is 0 Å². The maximum Gasteiger partial charge on any atom is 0.325 e. The first kappa shape index (κ1) is 14.8. The first-order chi connectivity index (χ1) is 10.1. The molecule has 0 spiro atoms. The number of carbonyl (C=O) groups excluding carboxylic acids is 1. The van der Waals surface area contributed by atoms with Gasteiger partial charge in [-0.25, -0.2) is 4.68 Å². The molecule has 2 N–H and O–H groups in total. The predicted molar refractivity (Wildman–Crippen MR) is 73.8 cm³/mol. The topological polar surface area (TPSA) is 102 Å². The van der Waals surface area contributed by atoms with E-state index < -0.39 is 5.97 Å². The number of amides is 1. The molecule has 0 bridgehead atoms. The lowest BCUT2D eigenvalue weighted by Crippen LogP contribution is -2.28. The van der Waals surface area contributed by atoms with Gasteiger partial charge >= 0.3 is 5.97 Å². The zero-order valence-electron chi connectivity index (χ0n) is 11.7. The Bertz CT molecular complexity index is 631. The molecule has 1 amide bonds. The van der Waals surface area contributed by atoms with Crippen molar-refractivity contribution in [2.45, 2.75) is 26.4 Å². The van der Waals surface area contributed by atoms with Gasteiger partial charge < -0.3 is 10.4 Å². The number of nitrogens with one attached hydrogen (secondary N) is 1. The molecule has 21 heavy (non-hydrogen) atoms. The number of aromatic nitrogens is 4. The van der Waals surface area contributed by atoms with Crippen LogP contribution < -0.4 is 5.32 Å². The van der Waals surface area contributed by atoms with E-state index in [1.165, 1.54) is 12.3 Å². The minimum Gasteiger partial charge on any atom is -0.480 e. The lowest BCUT2D eigenvalue weighted by atomic mass is 10.3. The quantitative estimate of drug-likeness (QED) is 0.714. The number of aliphatic carboxylic acids is 1. The SMILES string of the molecule is Cc1cnn(CCCNC(=O)c2ccnn2CC(=O)O)c1. The third-order valence-corrected chi connectivity index (χ3v) is 2.85. The minimum atomic E-state index is -1.04. The summed E-state index contributed by atoms with van der Waals surface area (Å²) in [6.07, 6.45) is 5.86. The van der Waals surface area contributed by atoms with Crippen molar-refractivity contribution >= 4 is 11.9 Å². The summed E-state index contributed by atoms with van der Waals surface area (Å²) in [7, 11) is 0. The van der Waals surface area contributed by atoms with Gasteiger partial charge in [0, 0.05) is 25.5 Å². The van der Waals surface area contributed by atoms with E-state index in [0.717, 1.165) is 16.7 Å². The molecule has 0 aliphatic heterocycles. The Hall–Kier alpha value is -2.64. The van der Waals surface area contributed by atoms with Gasteiger partial charge in [-0.3, -0.25) is 14.3 Å². The molecule has 0 aromatic carbocycles. The number of rotatable bonds is 7. The van der Waals surface area contributed by atoms with Gasteiger partial charge in [-0.05, 0) is 25.0 Å². The molecule has 0 atom stereocenters. The van der Waals surface area contributed by atoms with Gasteiger partial charge in [0.25, 0.3) is 5.91 Å². The van der Waals surface area contributed by atoms with Crippen molar-refractivity contribution < 1.29 is 14.7 Å². The average Bonchev–Trinajstić information content (AvgIpc) is 3.03. The van der Waals surface area contributed by atoms with Gasteiger partial charge in [0.15, 0.2) is 0 Å². The van der Waals surface area contributed by atoms with Gasteiger partial charge in [-0.15, -0.1) is 0 Å². The Balaban J connectivity index is 1.79. The van der Waals surface area contributed by atoms with Crippen molar-refractivity contribution in [3.63, 3.8) is 0 Å². The van der Waals surface area contributed by atoms with E-state index in [1.54, 1.807) is 6.20 Å². The molecule has 0 radical (unpaired) electrons. The fraction of sp³-hybridized carbons (Fsp3) is 0.385. The number of aryl methyl sites for hydroxylation is 2. The first-order valence-corrected chi connectivity index (χ1v) is 6.57. The second-order valence-corrected chi connectivity index (χ2v) is 4.66. The van der Waals surface area contributed by atoms with Crippen molar-refractivity contribution in [1.29, 1.82) is 0 Å². The first-order valence-electron chi connectivity index (χ1n) is 6.57. The molecule has 0 saturated carbocycles. The highest BCUT2D eigenvalue weighted by molar-refractivity contribution is 5.92. The summed E-state index contributed by atoms with van der Waals surface area (Å²) >= 11 is 0. The highest BCUT2D eigenvalue weighted by Crippen LogP contribution is 1.99. The van der Waals surface area contributed by atoms with Crippen molar-refractivity contribution in [3.05, 3.63) is 35.9 Å². The molecule has 0 saturated heterocycles. The average molecular weight is 291 g/mol. The second-order valence-electron chi connectivity index (χ2n) is 4.66. The maximum atomic E-state index is 11.9. The van der Waals surface area contributed by atoms with Gasteiger partial charge in [0.1, 0.15) is 12.2 Å². The summed E-state index contributed by atoms with van der Waals surface area (Å²) in [5.41, 5.74) is 1.34. The zero-order valence-corrected chi connectivity index (χ0v) is 11.7. The van der Waals surface area contributed by atoms with Crippen LogP contribution in [0.5, 0.6) is 0 Å². The zero-order chi connectivity index (χ0) is 15.2. The van der Waals surface area contributed by atoms with Crippen LogP contribution in [0, 0.1) is 6.92 Å². The standard InChI is InChI=1S/C13H17N5O3/c1-10-7-16-17(8-10)6-2-4-14-13(21)11-3-5-15-18(11)9-12(19)20/h3,5,7-8H,2,4,6,9H2,1H3,(H,14,21)(H,19,20). The van der Waals surface area contributed by atoms with Crippen molar-refractivity contribution in [2.24, 2.45) is 0 Å². The molecular weight excluding hydrogens is 274 g/mol. The summed E-state index contributed by atoms with van der Waals surface area (Å²) in [5.74, 6) is -1.37. The third-order valence-electron chi connectivity index (χ3n) is 2.85. The van der Waals surface area contributed by atoms with Crippen LogP contribution in [0.15, 0.2) is 24.7 Å². The lowest BCUT2D eigenvalue weighted by molar-refractivity contribution is -0.137. The van der Waals surface area contributed by atoms with Crippen LogP contribution in [0.3, 0.4) is 0 Å².